The molecule has 0 unspecified atom stereocenters. The van der Waals surface area contributed by atoms with Crippen molar-refractivity contribution in [1.82, 2.24) is 15.1 Å². The van der Waals surface area contributed by atoms with Crippen molar-refractivity contribution in [3.63, 3.8) is 0 Å². The number of nitrogens with one attached hydrogen (secondary N) is 2. The number of anilines is 1. The monoisotopic (exact) mass is 452 g/mol. The van der Waals surface area contributed by atoms with Gasteiger partial charge in [-0.1, -0.05) is 54.6 Å². The minimum Gasteiger partial charge on any atom is -0.496 e. The van der Waals surface area contributed by atoms with Gasteiger partial charge in [-0.05, 0) is 37.3 Å². The molecule has 2 atom stereocenters. The SMILES string of the molecule is COc1ccccc1[C@@H]1c2c(C)nn(-c3ccccc3)c2NC(=O)[C@@H]1NC(=O)c1ccccc1. The largest absolute Gasteiger partial charge is 0.496 e. The predicted molar refractivity (Wildman–Crippen MR) is 129 cm³/mol. The van der Waals surface area contributed by atoms with Crippen molar-refractivity contribution in [3.8, 4) is 11.4 Å². The van der Waals surface area contributed by atoms with Crippen LogP contribution in [-0.2, 0) is 4.79 Å². The molecule has 1 aromatic heterocycles. The third-order valence-electron chi connectivity index (χ3n) is 6.07. The van der Waals surface area contributed by atoms with E-state index in [9.17, 15) is 9.59 Å². The lowest BCUT2D eigenvalue weighted by Crippen LogP contribution is -2.50. The molecule has 0 bridgehead atoms. The molecule has 170 valence electrons. The maximum absolute atomic E-state index is 13.5. The van der Waals surface area contributed by atoms with Crippen LogP contribution in [0.3, 0.4) is 0 Å². The van der Waals surface area contributed by atoms with Gasteiger partial charge in [-0.15, -0.1) is 0 Å². The molecule has 1 aliphatic heterocycles. The van der Waals surface area contributed by atoms with Crippen molar-refractivity contribution in [2.24, 2.45) is 0 Å². The van der Waals surface area contributed by atoms with Crippen molar-refractivity contribution in [3.05, 3.63) is 107 Å². The Labute approximate surface area is 197 Å². The molecule has 34 heavy (non-hydrogen) atoms. The van der Waals surface area contributed by atoms with Gasteiger partial charge in [0.2, 0.25) is 5.91 Å². The number of aromatic nitrogens is 2. The summed E-state index contributed by atoms with van der Waals surface area (Å²) in [6.45, 7) is 1.91. The molecule has 0 spiro atoms. The molecule has 2 N–H and O–H groups in total. The van der Waals surface area contributed by atoms with Crippen LogP contribution in [0.25, 0.3) is 5.69 Å². The first-order valence-corrected chi connectivity index (χ1v) is 11.0. The molecule has 2 amide bonds. The van der Waals surface area contributed by atoms with E-state index in [1.54, 1.807) is 36.1 Å². The standard InChI is InChI=1S/C27H24N4O3/c1-17-22-23(20-15-9-10-16-21(20)34-2)24(28-26(32)18-11-5-3-6-12-18)27(33)29-25(22)31(30-17)19-13-7-4-8-14-19/h3-16,23-24H,1-2H3,(H,28,32)(H,29,33)/t23-,24-/m1/s1. The number of carbonyl (C=O) groups excluding carboxylic acids is 2. The van der Waals surface area contributed by atoms with Gasteiger partial charge < -0.3 is 15.4 Å². The lowest BCUT2D eigenvalue weighted by atomic mass is 9.81. The van der Waals surface area contributed by atoms with Gasteiger partial charge >= 0.3 is 0 Å². The number of fused-ring (bicyclic) bond motifs is 1. The number of nitrogens with zero attached hydrogens (tertiary/aromatic N) is 2. The van der Waals surface area contributed by atoms with Crippen molar-refractivity contribution >= 4 is 17.6 Å². The number of aryl methyl sites for hydroxylation is 1. The average Bonchev–Trinajstić information content (AvgIpc) is 3.21. The molecule has 1 aliphatic rings. The first-order chi connectivity index (χ1) is 16.6. The maximum atomic E-state index is 13.5. The van der Waals surface area contributed by atoms with Crippen molar-refractivity contribution in [2.75, 3.05) is 12.4 Å². The van der Waals surface area contributed by atoms with Gasteiger partial charge in [-0.25, -0.2) is 4.68 Å². The summed E-state index contributed by atoms with van der Waals surface area (Å²) < 4.78 is 7.38. The van der Waals surface area contributed by atoms with Crippen LogP contribution in [0.2, 0.25) is 0 Å². The summed E-state index contributed by atoms with van der Waals surface area (Å²) >= 11 is 0. The Morgan fingerprint density at radius 3 is 2.32 bits per heavy atom. The maximum Gasteiger partial charge on any atom is 0.251 e. The Balaban J connectivity index is 1.66. The minimum absolute atomic E-state index is 0.315. The fraction of sp³-hybridized carbons (Fsp3) is 0.148. The van der Waals surface area contributed by atoms with Gasteiger partial charge in [0.15, 0.2) is 0 Å². The molecular weight excluding hydrogens is 428 g/mol. The van der Waals surface area contributed by atoms with Crippen LogP contribution in [0.5, 0.6) is 5.75 Å². The number of methoxy groups -OCH3 is 1. The Morgan fingerprint density at radius 2 is 1.62 bits per heavy atom. The van der Waals surface area contributed by atoms with Crippen LogP contribution >= 0.6 is 0 Å². The molecular formula is C27H24N4O3. The average molecular weight is 453 g/mol. The normalized spacial score (nSPS) is 16.9. The molecule has 2 heterocycles. The highest BCUT2D eigenvalue weighted by atomic mass is 16.5. The second-order valence-corrected chi connectivity index (χ2v) is 8.12. The van der Waals surface area contributed by atoms with Gasteiger partial charge in [-0.2, -0.15) is 5.10 Å². The summed E-state index contributed by atoms with van der Waals surface area (Å²) in [5.41, 5.74) is 3.71. The van der Waals surface area contributed by atoms with Crippen LogP contribution in [0.15, 0.2) is 84.9 Å². The van der Waals surface area contributed by atoms with E-state index in [4.69, 9.17) is 9.84 Å². The number of ether oxygens (including phenoxy) is 1. The third-order valence-corrected chi connectivity index (χ3v) is 6.07. The van der Waals surface area contributed by atoms with Crippen molar-refractivity contribution < 1.29 is 14.3 Å². The van der Waals surface area contributed by atoms with E-state index in [-0.39, 0.29) is 11.8 Å². The van der Waals surface area contributed by atoms with Crippen molar-refractivity contribution in [2.45, 2.75) is 18.9 Å². The molecule has 7 heteroatoms. The Kier molecular flexibility index (Phi) is 5.59. The van der Waals surface area contributed by atoms with Crippen LogP contribution in [-0.4, -0.2) is 34.7 Å². The van der Waals surface area contributed by atoms with E-state index < -0.39 is 12.0 Å². The number of carbonyl (C=O) groups is 2. The fourth-order valence-electron chi connectivity index (χ4n) is 4.52. The van der Waals surface area contributed by atoms with Gasteiger partial charge in [0.1, 0.15) is 17.6 Å². The van der Waals surface area contributed by atoms with Crippen molar-refractivity contribution in [1.29, 1.82) is 0 Å². The molecule has 0 fully saturated rings. The van der Waals surface area contributed by atoms with Gasteiger partial charge in [-0.3, -0.25) is 9.59 Å². The smallest absolute Gasteiger partial charge is 0.251 e. The van der Waals surface area contributed by atoms with Gasteiger partial charge in [0.25, 0.3) is 5.91 Å². The first kappa shape index (κ1) is 21.5. The van der Waals surface area contributed by atoms with Crippen LogP contribution < -0.4 is 15.4 Å². The van der Waals surface area contributed by atoms with Gasteiger partial charge in [0.05, 0.1) is 18.5 Å². The van der Waals surface area contributed by atoms with Crippen LogP contribution in [0.1, 0.15) is 33.1 Å². The topological polar surface area (TPSA) is 85.2 Å². The molecule has 0 radical (unpaired) electrons. The lowest BCUT2D eigenvalue weighted by molar-refractivity contribution is -0.118. The molecule has 5 rings (SSSR count). The molecule has 3 aromatic carbocycles. The summed E-state index contributed by atoms with van der Waals surface area (Å²) in [6, 6.07) is 25.2. The van der Waals surface area contributed by atoms with Crippen LogP contribution in [0.4, 0.5) is 5.82 Å². The number of hydrogen-bond acceptors (Lipinski definition) is 4. The summed E-state index contributed by atoms with van der Waals surface area (Å²) in [7, 11) is 1.60. The van der Waals surface area contributed by atoms with E-state index in [0.717, 1.165) is 22.5 Å². The lowest BCUT2D eigenvalue weighted by Gasteiger charge is -2.33. The number of hydrogen-bond donors (Lipinski definition) is 2. The van der Waals surface area contributed by atoms with E-state index in [1.165, 1.54) is 0 Å². The zero-order valence-electron chi connectivity index (χ0n) is 18.9. The first-order valence-electron chi connectivity index (χ1n) is 11.0. The number of amides is 2. The Morgan fingerprint density at radius 1 is 0.971 bits per heavy atom. The summed E-state index contributed by atoms with van der Waals surface area (Å²) in [5, 5.41) is 10.7. The van der Waals surface area contributed by atoms with Gasteiger partial charge in [0, 0.05) is 22.6 Å². The van der Waals surface area contributed by atoms with E-state index in [0.29, 0.717) is 17.1 Å². The van der Waals surface area contributed by atoms with E-state index in [1.807, 2.05) is 67.6 Å². The minimum atomic E-state index is -0.858. The third kappa shape index (κ3) is 3.71. The second kappa shape index (κ2) is 8.86. The molecule has 0 saturated heterocycles. The highest BCUT2D eigenvalue weighted by molar-refractivity contribution is 6.04. The summed E-state index contributed by atoms with van der Waals surface area (Å²) in [4.78, 5) is 26.6. The summed E-state index contributed by atoms with van der Waals surface area (Å²) in [5.74, 6) is 0.0979. The molecule has 0 aliphatic carbocycles. The second-order valence-electron chi connectivity index (χ2n) is 8.12. The Bertz CT molecular complexity index is 1350. The summed E-state index contributed by atoms with van der Waals surface area (Å²) in [6.07, 6.45) is 0. The van der Waals surface area contributed by atoms with E-state index >= 15 is 0 Å². The molecule has 7 nitrogen and oxygen atoms in total. The fourth-order valence-corrected chi connectivity index (χ4v) is 4.52. The predicted octanol–water partition coefficient (Wildman–Crippen LogP) is 4.07. The zero-order chi connectivity index (χ0) is 23.7. The van der Waals surface area contributed by atoms with Crippen LogP contribution in [0, 0.1) is 6.92 Å². The Hall–Kier alpha value is -4.39. The quantitative estimate of drug-likeness (QED) is 0.478. The number of para-hydroxylation sites is 2. The highest BCUT2D eigenvalue weighted by Gasteiger charge is 2.42. The molecule has 4 aromatic rings. The zero-order valence-corrected chi connectivity index (χ0v) is 18.9. The molecule has 0 saturated carbocycles. The highest BCUT2D eigenvalue weighted by Crippen LogP contribution is 2.43. The number of benzene rings is 3. The van der Waals surface area contributed by atoms with E-state index in [2.05, 4.69) is 10.6 Å². The number of rotatable bonds is 5.